The van der Waals surface area contributed by atoms with Gasteiger partial charge in [0, 0.05) is 0 Å². The van der Waals surface area contributed by atoms with Gasteiger partial charge in [-0.05, 0) is 13.8 Å². The third-order valence-corrected chi connectivity index (χ3v) is 2.28. The molecule has 13 heavy (non-hydrogen) atoms. The van der Waals surface area contributed by atoms with Crippen LogP contribution in [0.2, 0.25) is 0 Å². The first-order valence-electron chi connectivity index (χ1n) is 4.35. The normalized spacial score (nSPS) is 47.6. The van der Waals surface area contributed by atoms with Crippen molar-refractivity contribution in [2.45, 2.75) is 44.2 Å². The molecule has 0 saturated carbocycles. The Hall–Kier alpha value is -0.420. The highest BCUT2D eigenvalue weighted by atomic mass is 16.8. The minimum Gasteiger partial charge on any atom is -0.387 e. The van der Waals surface area contributed by atoms with Crippen molar-refractivity contribution in [3.63, 3.8) is 0 Å². The third-order valence-electron chi connectivity index (χ3n) is 2.28. The lowest BCUT2D eigenvalue weighted by Crippen LogP contribution is -2.33. The van der Waals surface area contributed by atoms with Crippen LogP contribution in [-0.4, -0.2) is 35.5 Å². The molecule has 2 aliphatic rings. The van der Waals surface area contributed by atoms with Gasteiger partial charge in [-0.25, -0.2) is 0 Å². The van der Waals surface area contributed by atoms with E-state index in [9.17, 15) is 5.11 Å². The molecule has 2 rings (SSSR count). The molecular weight excluding hydrogens is 172 g/mol. The summed E-state index contributed by atoms with van der Waals surface area (Å²) in [6, 6.07) is 0. The Balaban J connectivity index is 2.11. The molecule has 0 unspecified atom stereocenters. The Labute approximate surface area is 77.1 Å². The number of hydrogen-bond donors (Lipinski definition) is 1. The highest BCUT2D eigenvalue weighted by molar-refractivity contribution is 4.99. The number of fused-ring (bicyclic) bond motifs is 1. The first-order chi connectivity index (χ1) is 6.03. The van der Waals surface area contributed by atoms with E-state index >= 15 is 0 Å². The van der Waals surface area contributed by atoms with Gasteiger partial charge in [0.1, 0.15) is 18.3 Å². The van der Waals surface area contributed by atoms with Gasteiger partial charge in [-0.3, -0.25) is 0 Å². The third kappa shape index (κ3) is 1.40. The van der Waals surface area contributed by atoms with Gasteiger partial charge >= 0.3 is 0 Å². The van der Waals surface area contributed by atoms with Gasteiger partial charge in [0.2, 0.25) is 0 Å². The summed E-state index contributed by atoms with van der Waals surface area (Å²) in [4.78, 5) is 0. The SMILES string of the molecule is C=C[C@H]1O[C@@H]2OC(C)(C)O[C@@H]2[C@@H]1O. The van der Waals surface area contributed by atoms with Crippen molar-refractivity contribution in [2.24, 2.45) is 0 Å². The van der Waals surface area contributed by atoms with E-state index in [1.54, 1.807) is 19.9 Å². The van der Waals surface area contributed by atoms with Gasteiger partial charge in [-0.2, -0.15) is 0 Å². The Morgan fingerprint density at radius 3 is 2.62 bits per heavy atom. The number of rotatable bonds is 1. The minimum absolute atomic E-state index is 0.383. The van der Waals surface area contributed by atoms with Gasteiger partial charge in [0.05, 0.1) is 0 Å². The average molecular weight is 186 g/mol. The number of aliphatic hydroxyl groups excluding tert-OH is 1. The van der Waals surface area contributed by atoms with Crippen molar-refractivity contribution >= 4 is 0 Å². The van der Waals surface area contributed by atoms with E-state index in [4.69, 9.17) is 14.2 Å². The summed E-state index contributed by atoms with van der Waals surface area (Å²) in [6.45, 7) is 7.15. The highest BCUT2D eigenvalue weighted by Gasteiger charge is 2.53. The van der Waals surface area contributed by atoms with E-state index in [1.165, 1.54) is 0 Å². The molecule has 4 atom stereocenters. The summed E-state index contributed by atoms with van der Waals surface area (Å²) in [5, 5.41) is 9.69. The molecular formula is C9H14O4. The summed E-state index contributed by atoms with van der Waals surface area (Å²) in [7, 11) is 0. The second kappa shape index (κ2) is 2.78. The topological polar surface area (TPSA) is 47.9 Å². The van der Waals surface area contributed by atoms with Gasteiger partial charge in [-0.1, -0.05) is 6.08 Å². The maximum Gasteiger partial charge on any atom is 0.190 e. The van der Waals surface area contributed by atoms with Crippen molar-refractivity contribution in [2.75, 3.05) is 0 Å². The molecule has 0 spiro atoms. The molecule has 2 fully saturated rings. The van der Waals surface area contributed by atoms with Gasteiger partial charge in [-0.15, -0.1) is 6.58 Å². The molecule has 74 valence electrons. The fourth-order valence-corrected chi connectivity index (χ4v) is 1.71. The van der Waals surface area contributed by atoms with E-state index in [2.05, 4.69) is 6.58 Å². The van der Waals surface area contributed by atoms with Crippen LogP contribution in [-0.2, 0) is 14.2 Å². The first-order valence-corrected chi connectivity index (χ1v) is 4.35. The van der Waals surface area contributed by atoms with Crippen LogP contribution in [0.15, 0.2) is 12.7 Å². The lowest BCUT2D eigenvalue weighted by Gasteiger charge is -2.21. The lowest BCUT2D eigenvalue weighted by atomic mass is 10.1. The van der Waals surface area contributed by atoms with E-state index in [0.29, 0.717) is 0 Å². The summed E-state index contributed by atoms with van der Waals surface area (Å²) >= 11 is 0. The average Bonchev–Trinajstić information content (AvgIpc) is 2.47. The second-order valence-electron chi connectivity index (χ2n) is 3.80. The minimum atomic E-state index is -0.677. The van der Waals surface area contributed by atoms with Crippen LogP contribution in [0.4, 0.5) is 0 Å². The molecule has 0 aromatic carbocycles. The van der Waals surface area contributed by atoms with Crippen molar-refractivity contribution < 1.29 is 19.3 Å². The van der Waals surface area contributed by atoms with Crippen LogP contribution in [0.25, 0.3) is 0 Å². The number of hydrogen-bond acceptors (Lipinski definition) is 4. The zero-order valence-corrected chi connectivity index (χ0v) is 7.77. The molecule has 0 radical (unpaired) electrons. The Morgan fingerprint density at radius 1 is 1.38 bits per heavy atom. The maximum absolute atomic E-state index is 9.69. The zero-order valence-electron chi connectivity index (χ0n) is 7.77. The first kappa shape index (κ1) is 9.15. The van der Waals surface area contributed by atoms with Crippen LogP contribution >= 0.6 is 0 Å². The van der Waals surface area contributed by atoms with Gasteiger partial charge in [0.15, 0.2) is 12.1 Å². The fourth-order valence-electron chi connectivity index (χ4n) is 1.71. The molecule has 0 amide bonds. The molecule has 4 nitrogen and oxygen atoms in total. The molecule has 0 aromatic heterocycles. The summed E-state index contributed by atoms with van der Waals surface area (Å²) in [6.07, 6.45) is -0.357. The molecule has 2 saturated heterocycles. The monoisotopic (exact) mass is 186 g/mol. The fraction of sp³-hybridized carbons (Fsp3) is 0.778. The lowest BCUT2D eigenvalue weighted by molar-refractivity contribution is -0.209. The molecule has 4 heteroatoms. The van der Waals surface area contributed by atoms with E-state index < -0.39 is 24.3 Å². The van der Waals surface area contributed by atoms with E-state index in [1.807, 2.05) is 0 Å². The Morgan fingerprint density at radius 2 is 2.08 bits per heavy atom. The van der Waals surface area contributed by atoms with Crippen LogP contribution in [0, 0.1) is 0 Å². The van der Waals surface area contributed by atoms with Gasteiger partial charge in [0.25, 0.3) is 0 Å². The van der Waals surface area contributed by atoms with Crippen LogP contribution < -0.4 is 0 Å². The largest absolute Gasteiger partial charge is 0.387 e. The number of ether oxygens (including phenoxy) is 3. The molecule has 0 bridgehead atoms. The summed E-state index contributed by atoms with van der Waals surface area (Å²) in [5.74, 6) is -0.664. The van der Waals surface area contributed by atoms with Crippen molar-refractivity contribution in [1.82, 2.24) is 0 Å². The second-order valence-corrected chi connectivity index (χ2v) is 3.80. The van der Waals surface area contributed by atoms with Crippen molar-refractivity contribution in [3.8, 4) is 0 Å². The van der Waals surface area contributed by atoms with Crippen LogP contribution in [0.1, 0.15) is 13.8 Å². The summed E-state index contributed by atoms with van der Waals surface area (Å²) in [5.41, 5.74) is 0. The van der Waals surface area contributed by atoms with Crippen LogP contribution in [0.3, 0.4) is 0 Å². The predicted molar refractivity (Wildman–Crippen MR) is 44.9 cm³/mol. The Bertz CT molecular complexity index is 226. The Kier molecular flexibility index (Phi) is 1.96. The highest BCUT2D eigenvalue weighted by Crippen LogP contribution is 2.37. The van der Waals surface area contributed by atoms with Crippen molar-refractivity contribution in [1.29, 1.82) is 0 Å². The molecule has 2 heterocycles. The number of aliphatic hydroxyl groups is 1. The molecule has 1 N–H and O–H groups in total. The molecule has 2 aliphatic heterocycles. The molecule has 0 aliphatic carbocycles. The zero-order chi connectivity index (χ0) is 9.64. The summed E-state index contributed by atoms with van der Waals surface area (Å²) < 4.78 is 16.3. The quantitative estimate of drug-likeness (QED) is 0.602. The van der Waals surface area contributed by atoms with Gasteiger partial charge < -0.3 is 19.3 Å². The van der Waals surface area contributed by atoms with Crippen molar-refractivity contribution in [3.05, 3.63) is 12.7 Å². The smallest absolute Gasteiger partial charge is 0.190 e. The maximum atomic E-state index is 9.69. The predicted octanol–water partition coefficient (Wildman–Crippen LogP) is 0.410. The molecule has 0 aromatic rings. The van der Waals surface area contributed by atoms with Crippen LogP contribution in [0.5, 0.6) is 0 Å². The standard InChI is InChI=1S/C9H14O4/c1-4-5-6(10)7-8(11-5)13-9(2,3)12-7/h4-8,10H,1H2,2-3H3/t5-,6-,7-,8-/m1/s1. The van der Waals surface area contributed by atoms with E-state index in [-0.39, 0.29) is 6.10 Å². The van der Waals surface area contributed by atoms with E-state index in [0.717, 1.165) is 0 Å².